The zero-order valence-electron chi connectivity index (χ0n) is 11.3. The first-order valence-electron chi connectivity index (χ1n) is 5.94. The molecule has 0 aliphatic heterocycles. The highest BCUT2D eigenvalue weighted by atomic mass is 15.3. The van der Waals surface area contributed by atoms with Crippen molar-refractivity contribution in [1.29, 1.82) is 0 Å². The van der Waals surface area contributed by atoms with Crippen molar-refractivity contribution in [2.24, 2.45) is 5.92 Å². The number of rotatable bonds is 6. The minimum atomic E-state index is 0.553. The Morgan fingerprint density at radius 2 is 1.65 bits per heavy atom. The number of anilines is 3. The predicted octanol–water partition coefficient (Wildman–Crippen LogP) is 1.44. The highest BCUT2D eigenvalue weighted by molar-refractivity contribution is 5.42. The summed E-state index contributed by atoms with van der Waals surface area (Å²) in [5.41, 5.74) is 0. The Morgan fingerprint density at radius 3 is 2.12 bits per heavy atom. The summed E-state index contributed by atoms with van der Waals surface area (Å²) in [7, 11) is 3.83. The largest absolute Gasteiger partial charge is 0.354 e. The van der Waals surface area contributed by atoms with Gasteiger partial charge in [0.05, 0.1) is 0 Å². The lowest BCUT2D eigenvalue weighted by Crippen LogP contribution is -2.18. The summed E-state index contributed by atoms with van der Waals surface area (Å²) in [6, 6.07) is 0. The van der Waals surface area contributed by atoms with Gasteiger partial charge in [0.25, 0.3) is 0 Å². The number of hydrogen-bond acceptors (Lipinski definition) is 6. The first-order chi connectivity index (χ1) is 8.02. The van der Waals surface area contributed by atoms with Crippen molar-refractivity contribution >= 4 is 17.8 Å². The Bertz CT molecular complexity index is 350. The molecule has 0 amide bonds. The molecule has 0 saturated carbocycles. The second kappa shape index (κ2) is 6.22. The molecule has 0 atom stereocenters. The van der Waals surface area contributed by atoms with E-state index in [0.29, 0.717) is 23.8 Å². The molecule has 2 N–H and O–H groups in total. The smallest absolute Gasteiger partial charge is 0.231 e. The third kappa shape index (κ3) is 4.42. The van der Waals surface area contributed by atoms with Crippen LogP contribution in [-0.2, 0) is 0 Å². The second-order valence-corrected chi connectivity index (χ2v) is 4.48. The predicted molar refractivity (Wildman–Crippen MR) is 71.6 cm³/mol. The van der Waals surface area contributed by atoms with Gasteiger partial charge in [0, 0.05) is 27.2 Å². The Kier molecular flexibility index (Phi) is 4.93. The zero-order valence-corrected chi connectivity index (χ0v) is 11.3. The third-order valence-electron chi connectivity index (χ3n) is 2.03. The molecule has 0 spiro atoms. The van der Waals surface area contributed by atoms with Crippen molar-refractivity contribution in [3.8, 4) is 0 Å². The molecular weight excluding hydrogens is 216 g/mol. The van der Waals surface area contributed by atoms with E-state index in [9.17, 15) is 0 Å². The van der Waals surface area contributed by atoms with Gasteiger partial charge in [-0.15, -0.1) is 0 Å². The molecule has 0 aliphatic carbocycles. The van der Waals surface area contributed by atoms with Crippen LogP contribution in [-0.4, -0.2) is 42.1 Å². The first kappa shape index (κ1) is 13.5. The van der Waals surface area contributed by atoms with Crippen LogP contribution in [0.25, 0.3) is 0 Å². The van der Waals surface area contributed by atoms with Crippen LogP contribution < -0.4 is 15.5 Å². The zero-order chi connectivity index (χ0) is 12.8. The van der Waals surface area contributed by atoms with Gasteiger partial charge in [0.1, 0.15) is 0 Å². The Morgan fingerprint density at radius 1 is 1.06 bits per heavy atom. The van der Waals surface area contributed by atoms with Gasteiger partial charge >= 0.3 is 0 Å². The van der Waals surface area contributed by atoms with Crippen LogP contribution >= 0.6 is 0 Å². The lowest BCUT2D eigenvalue weighted by Gasteiger charge is -2.14. The topological polar surface area (TPSA) is 66.0 Å². The Hall–Kier alpha value is -1.59. The molecule has 0 aromatic carbocycles. The van der Waals surface area contributed by atoms with Gasteiger partial charge in [0.2, 0.25) is 17.8 Å². The summed E-state index contributed by atoms with van der Waals surface area (Å²) in [6.45, 7) is 7.95. The van der Waals surface area contributed by atoms with Crippen molar-refractivity contribution in [3.63, 3.8) is 0 Å². The molecule has 1 aromatic rings. The summed E-state index contributed by atoms with van der Waals surface area (Å²) >= 11 is 0. The van der Waals surface area contributed by atoms with Gasteiger partial charge in [-0.25, -0.2) is 0 Å². The Balaban J connectivity index is 2.87. The molecule has 1 heterocycles. The molecule has 0 unspecified atom stereocenters. The average Bonchev–Trinajstić information content (AvgIpc) is 2.26. The minimum Gasteiger partial charge on any atom is -0.354 e. The lowest BCUT2D eigenvalue weighted by atomic mass is 10.2. The van der Waals surface area contributed by atoms with Crippen LogP contribution in [0.2, 0.25) is 0 Å². The minimum absolute atomic E-state index is 0.553. The van der Waals surface area contributed by atoms with Crippen molar-refractivity contribution in [2.45, 2.75) is 20.8 Å². The van der Waals surface area contributed by atoms with Crippen molar-refractivity contribution in [3.05, 3.63) is 0 Å². The molecule has 96 valence electrons. The highest BCUT2D eigenvalue weighted by Crippen LogP contribution is 2.11. The molecule has 6 nitrogen and oxygen atoms in total. The molecule has 17 heavy (non-hydrogen) atoms. The summed E-state index contributed by atoms with van der Waals surface area (Å²) < 4.78 is 0. The maximum atomic E-state index is 4.34. The van der Waals surface area contributed by atoms with E-state index in [0.717, 1.165) is 13.1 Å². The number of nitrogens with zero attached hydrogens (tertiary/aromatic N) is 4. The number of hydrogen-bond donors (Lipinski definition) is 2. The van der Waals surface area contributed by atoms with E-state index in [1.165, 1.54) is 0 Å². The van der Waals surface area contributed by atoms with Gasteiger partial charge in [-0.3, -0.25) is 0 Å². The maximum Gasteiger partial charge on any atom is 0.231 e. The molecule has 0 bridgehead atoms. The van der Waals surface area contributed by atoms with E-state index in [1.807, 2.05) is 25.9 Å². The monoisotopic (exact) mass is 238 g/mol. The van der Waals surface area contributed by atoms with Crippen LogP contribution in [0.5, 0.6) is 0 Å². The fraction of sp³-hybridized carbons (Fsp3) is 0.727. The van der Waals surface area contributed by atoms with E-state index in [4.69, 9.17) is 0 Å². The quantitative estimate of drug-likeness (QED) is 0.781. The lowest BCUT2D eigenvalue weighted by molar-refractivity contribution is 0.684. The highest BCUT2D eigenvalue weighted by Gasteiger charge is 2.07. The normalized spacial score (nSPS) is 10.5. The fourth-order valence-corrected chi connectivity index (χ4v) is 1.18. The van der Waals surface area contributed by atoms with Crippen molar-refractivity contribution in [2.75, 3.05) is 42.7 Å². The standard InChI is InChI=1S/C11H22N6/c1-6-12-9-14-10(13-7-8(2)3)16-11(15-9)17(4)5/h8H,6-7H2,1-5H3,(H2,12,13,14,15,16). The number of aromatic nitrogens is 3. The van der Waals surface area contributed by atoms with E-state index in [-0.39, 0.29) is 0 Å². The average molecular weight is 238 g/mol. The summed E-state index contributed by atoms with van der Waals surface area (Å²) in [4.78, 5) is 14.8. The first-order valence-corrected chi connectivity index (χ1v) is 5.94. The summed E-state index contributed by atoms with van der Waals surface area (Å²) in [5, 5.41) is 6.31. The summed E-state index contributed by atoms with van der Waals surface area (Å²) in [6.07, 6.45) is 0. The fourth-order valence-electron chi connectivity index (χ4n) is 1.18. The molecule has 6 heteroatoms. The van der Waals surface area contributed by atoms with Crippen LogP contribution in [0, 0.1) is 5.92 Å². The van der Waals surface area contributed by atoms with Crippen LogP contribution in [0.15, 0.2) is 0 Å². The second-order valence-electron chi connectivity index (χ2n) is 4.48. The van der Waals surface area contributed by atoms with E-state index in [2.05, 4.69) is 39.4 Å². The SMILES string of the molecule is CCNc1nc(NCC(C)C)nc(N(C)C)n1. The summed E-state index contributed by atoms with van der Waals surface area (Å²) in [5.74, 6) is 2.44. The van der Waals surface area contributed by atoms with Crippen LogP contribution in [0.4, 0.5) is 17.8 Å². The number of nitrogens with one attached hydrogen (secondary N) is 2. The van der Waals surface area contributed by atoms with Gasteiger partial charge in [-0.1, -0.05) is 13.8 Å². The van der Waals surface area contributed by atoms with Gasteiger partial charge in [-0.05, 0) is 12.8 Å². The molecular formula is C11H22N6. The molecule has 0 radical (unpaired) electrons. The maximum absolute atomic E-state index is 4.34. The molecule has 1 rings (SSSR count). The van der Waals surface area contributed by atoms with E-state index < -0.39 is 0 Å². The molecule has 0 saturated heterocycles. The van der Waals surface area contributed by atoms with E-state index in [1.54, 1.807) is 0 Å². The van der Waals surface area contributed by atoms with Gasteiger partial charge < -0.3 is 15.5 Å². The van der Waals surface area contributed by atoms with Gasteiger partial charge in [0.15, 0.2) is 0 Å². The molecule has 0 fully saturated rings. The van der Waals surface area contributed by atoms with Crippen molar-refractivity contribution in [1.82, 2.24) is 15.0 Å². The van der Waals surface area contributed by atoms with E-state index >= 15 is 0 Å². The Labute approximate surface area is 103 Å². The van der Waals surface area contributed by atoms with Crippen molar-refractivity contribution < 1.29 is 0 Å². The van der Waals surface area contributed by atoms with Crippen LogP contribution in [0.1, 0.15) is 20.8 Å². The van der Waals surface area contributed by atoms with Gasteiger partial charge in [-0.2, -0.15) is 15.0 Å². The third-order valence-corrected chi connectivity index (χ3v) is 2.03. The van der Waals surface area contributed by atoms with Crippen LogP contribution in [0.3, 0.4) is 0 Å². The molecule has 0 aliphatic rings. The molecule has 1 aromatic heterocycles.